The fourth-order valence-corrected chi connectivity index (χ4v) is 6.31. The predicted octanol–water partition coefficient (Wildman–Crippen LogP) is 2.93. The van der Waals surface area contributed by atoms with Crippen molar-refractivity contribution in [3.05, 3.63) is 0 Å². The molecule has 0 spiro atoms. The van der Waals surface area contributed by atoms with E-state index in [4.69, 9.17) is 0 Å². The molecule has 0 radical (unpaired) electrons. The van der Waals surface area contributed by atoms with Crippen LogP contribution in [0.1, 0.15) is 65.7 Å². The topological polar surface area (TPSA) is 57.5 Å². The normalized spacial score (nSPS) is 54.0. The minimum absolute atomic E-state index is 0.0474. The summed E-state index contributed by atoms with van der Waals surface area (Å²) >= 11 is 0. The summed E-state index contributed by atoms with van der Waals surface area (Å²) in [6.07, 6.45) is 6.11. The van der Waals surface area contributed by atoms with Crippen LogP contribution in [-0.4, -0.2) is 28.7 Å². The maximum atomic E-state index is 12.6. The molecule has 2 N–H and O–H groups in total. The Labute approximate surface area is 128 Å². The number of rotatable bonds is 1. The molecule has 0 bridgehead atoms. The summed E-state index contributed by atoms with van der Waals surface area (Å²) in [5.74, 6) is 1.20. The van der Waals surface area contributed by atoms with Crippen molar-refractivity contribution < 1.29 is 15.0 Å². The molecule has 21 heavy (non-hydrogen) atoms. The van der Waals surface area contributed by atoms with E-state index in [0.717, 1.165) is 44.9 Å². The van der Waals surface area contributed by atoms with Crippen LogP contribution in [-0.2, 0) is 4.79 Å². The van der Waals surface area contributed by atoms with E-state index in [1.54, 1.807) is 0 Å². The van der Waals surface area contributed by atoms with Crippen LogP contribution in [0.3, 0.4) is 0 Å². The lowest BCUT2D eigenvalue weighted by molar-refractivity contribution is -0.197. The molecule has 6 atom stereocenters. The van der Waals surface area contributed by atoms with E-state index in [9.17, 15) is 15.0 Å². The molecule has 0 aromatic rings. The fraction of sp³-hybridized carbons (Fsp3) is 0.944. The van der Waals surface area contributed by atoms with Crippen LogP contribution < -0.4 is 0 Å². The molecule has 3 aliphatic rings. The van der Waals surface area contributed by atoms with E-state index in [2.05, 4.69) is 13.8 Å². The van der Waals surface area contributed by atoms with Gasteiger partial charge in [-0.25, -0.2) is 0 Å². The number of aliphatic hydroxyl groups is 2. The van der Waals surface area contributed by atoms with Crippen molar-refractivity contribution in [2.75, 3.05) is 6.61 Å². The van der Waals surface area contributed by atoms with Crippen molar-refractivity contribution in [3.63, 3.8) is 0 Å². The summed E-state index contributed by atoms with van der Waals surface area (Å²) in [5, 5.41) is 20.4. The number of hydrogen-bond acceptors (Lipinski definition) is 3. The highest BCUT2D eigenvalue weighted by atomic mass is 16.3. The Morgan fingerprint density at radius 1 is 1.10 bits per heavy atom. The molecule has 0 aliphatic heterocycles. The summed E-state index contributed by atoms with van der Waals surface area (Å²) in [5.41, 5.74) is -0.489. The number of aliphatic hydroxyl groups excluding tert-OH is 2. The lowest BCUT2D eigenvalue weighted by Gasteiger charge is -2.64. The molecule has 0 unspecified atom stereocenters. The standard InChI is InChI=1S/C18H30O3/c1-16-10-8-15(21)18(3,11-19)13(16)7-9-17(2)12(16)5-4-6-14(17)20/h12-13,15,19,21H,4-11H2,1-3H3/t12-,13-,15+,16-,17-,18-/m1/s1. The van der Waals surface area contributed by atoms with Gasteiger partial charge in [0.05, 0.1) is 12.7 Å². The van der Waals surface area contributed by atoms with Crippen LogP contribution >= 0.6 is 0 Å². The first kappa shape index (κ1) is 15.5. The first-order valence-corrected chi connectivity index (χ1v) is 8.61. The van der Waals surface area contributed by atoms with Crippen molar-refractivity contribution >= 4 is 5.78 Å². The number of hydrogen-bond donors (Lipinski definition) is 2. The van der Waals surface area contributed by atoms with Gasteiger partial charge in [-0.1, -0.05) is 20.8 Å². The Kier molecular flexibility index (Phi) is 3.53. The van der Waals surface area contributed by atoms with Crippen molar-refractivity contribution in [1.29, 1.82) is 0 Å². The van der Waals surface area contributed by atoms with Gasteiger partial charge in [0.2, 0.25) is 0 Å². The molecule has 3 aliphatic carbocycles. The third kappa shape index (κ3) is 1.89. The summed E-state index contributed by atoms with van der Waals surface area (Å²) in [6, 6.07) is 0. The van der Waals surface area contributed by atoms with Gasteiger partial charge in [-0.2, -0.15) is 0 Å². The lowest BCUT2D eigenvalue weighted by atomic mass is 9.40. The van der Waals surface area contributed by atoms with Gasteiger partial charge >= 0.3 is 0 Å². The second-order valence-corrected chi connectivity index (χ2v) is 8.60. The number of carbonyl (C=O) groups excluding carboxylic acids is 1. The van der Waals surface area contributed by atoms with E-state index in [-0.39, 0.29) is 17.4 Å². The van der Waals surface area contributed by atoms with E-state index >= 15 is 0 Å². The minimum atomic E-state index is -0.413. The van der Waals surface area contributed by atoms with E-state index in [1.807, 2.05) is 6.92 Å². The molecule has 3 nitrogen and oxygen atoms in total. The fourth-order valence-electron chi connectivity index (χ4n) is 6.31. The number of carbonyl (C=O) groups is 1. The van der Waals surface area contributed by atoms with Gasteiger partial charge < -0.3 is 10.2 Å². The second-order valence-electron chi connectivity index (χ2n) is 8.60. The maximum Gasteiger partial charge on any atom is 0.139 e. The predicted molar refractivity (Wildman–Crippen MR) is 81.7 cm³/mol. The number of Topliss-reactive ketones (excluding diaryl/α,β-unsaturated/α-hetero) is 1. The highest BCUT2D eigenvalue weighted by Crippen LogP contribution is 2.66. The van der Waals surface area contributed by atoms with Gasteiger partial charge in [-0.05, 0) is 55.8 Å². The number of fused-ring (bicyclic) bond motifs is 3. The first-order chi connectivity index (χ1) is 9.79. The van der Waals surface area contributed by atoms with Crippen molar-refractivity contribution in [1.82, 2.24) is 0 Å². The van der Waals surface area contributed by atoms with Crippen LogP contribution in [0.15, 0.2) is 0 Å². The molecule has 0 saturated heterocycles. The first-order valence-electron chi connectivity index (χ1n) is 8.61. The summed E-state index contributed by atoms with van der Waals surface area (Å²) < 4.78 is 0. The maximum absolute atomic E-state index is 12.6. The van der Waals surface area contributed by atoms with E-state index < -0.39 is 11.5 Å². The zero-order chi connectivity index (χ0) is 15.5. The summed E-state index contributed by atoms with van der Waals surface area (Å²) in [4.78, 5) is 12.6. The second kappa shape index (κ2) is 4.79. The average Bonchev–Trinajstić information content (AvgIpc) is 2.45. The molecule has 120 valence electrons. The molecule has 3 heteroatoms. The molecule has 3 saturated carbocycles. The van der Waals surface area contributed by atoms with E-state index in [0.29, 0.717) is 17.6 Å². The van der Waals surface area contributed by atoms with Gasteiger partial charge in [0.1, 0.15) is 5.78 Å². The molecule has 0 aromatic heterocycles. The summed E-state index contributed by atoms with van der Waals surface area (Å²) in [6.45, 7) is 6.61. The smallest absolute Gasteiger partial charge is 0.139 e. The van der Waals surface area contributed by atoms with E-state index in [1.165, 1.54) is 0 Å². The van der Waals surface area contributed by atoms with Crippen molar-refractivity contribution in [3.8, 4) is 0 Å². The Hall–Kier alpha value is -0.410. The molecule has 3 fully saturated rings. The van der Waals surface area contributed by atoms with Gasteiger partial charge in [0, 0.05) is 17.3 Å². The van der Waals surface area contributed by atoms with Crippen LogP contribution in [0.5, 0.6) is 0 Å². The molecule has 0 aromatic carbocycles. The molecule has 3 rings (SSSR count). The SMILES string of the molecule is C[C@]12CC[C@H](O)[C@](C)(CO)[C@@H]1CC[C@@]1(C)C(=O)CCC[C@H]21. The highest BCUT2D eigenvalue weighted by Gasteiger charge is 2.63. The molecule has 0 heterocycles. The molecule has 0 amide bonds. The van der Waals surface area contributed by atoms with Gasteiger partial charge in [0.15, 0.2) is 0 Å². The van der Waals surface area contributed by atoms with Crippen LogP contribution in [0.4, 0.5) is 0 Å². The van der Waals surface area contributed by atoms with Crippen LogP contribution in [0.25, 0.3) is 0 Å². The Balaban J connectivity index is 2.02. The molecular formula is C18H30O3. The van der Waals surface area contributed by atoms with Gasteiger partial charge in [-0.15, -0.1) is 0 Å². The van der Waals surface area contributed by atoms with Crippen LogP contribution in [0, 0.1) is 28.1 Å². The summed E-state index contributed by atoms with van der Waals surface area (Å²) in [7, 11) is 0. The Morgan fingerprint density at radius 2 is 1.81 bits per heavy atom. The Morgan fingerprint density at radius 3 is 2.48 bits per heavy atom. The average molecular weight is 294 g/mol. The van der Waals surface area contributed by atoms with Gasteiger partial charge in [0.25, 0.3) is 0 Å². The highest BCUT2D eigenvalue weighted by molar-refractivity contribution is 5.85. The number of ketones is 1. The largest absolute Gasteiger partial charge is 0.396 e. The van der Waals surface area contributed by atoms with Gasteiger partial charge in [-0.3, -0.25) is 4.79 Å². The zero-order valence-electron chi connectivity index (χ0n) is 13.7. The quantitative estimate of drug-likeness (QED) is 0.782. The molecular weight excluding hydrogens is 264 g/mol. The lowest BCUT2D eigenvalue weighted by Crippen LogP contribution is -2.62. The third-order valence-electron chi connectivity index (χ3n) is 7.70. The minimum Gasteiger partial charge on any atom is -0.396 e. The van der Waals surface area contributed by atoms with Crippen molar-refractivity contribution in [2.45, 2.75) is 71.8 Å². The van der Waals surface area contributed by atoms with Crippen LogP contribution in [0.2, 0.25) is 0 Å². The Bertz CT molecular complexity index is 448. The monoisotopic (exact) mass is 294 g/mol. The third-order valence-corrected chi connectivity index (χ3v) is 7.70. The van der Waals surface area contributed by atoms with Crippen molar-refractivity contribution in [2.24, 2.45) is 28.1 Å². The zero-order valence-corrected chi connectivity index (χ0v) is 13.7.